The smallest absolute Gasteiger partial charge is 0.132 e. The van der Waals surface area contributed by atoms with Gasteiger partial charge in [-0.1, -0.05) is 0 Å². The zero-order chi connectivity index (χ0) is 12.3. The molecule has 0 radical (unpaired) electrons. The van der Waals surface area contributed by atoms with Crippen LogP contribution in [-0.2, 0) is 6.42 Å². The predicted octanol–water partition coefficient (Wildman–Crippen LogP) is 2.11. The number of hydrogen-bond acceptors (Lipinski definition) is 3. The summed E-state index contributed by atoms with van der Waals surface area (Å²) >= 11 is 0. The molecule has 1 aromatic carbocycles. The van der Waals surface area contributed by atoms with Crippen molar-refractivity contribution in [3.8, 4) is 11.5 Å². The Hall–Kier alpha value is -1.68. The third kappa shape index (κ3) is 2.22. The third-order valence-corrected chi connectivity index (χ3v) is 2.86. The highest BCUT2D eigenvalue weighted by molar-refractivity contribution is 5.90. The summed E-state index contributed by atoms with van der Waals surface area (Å²) in [5, 5.41) is 9.96. The molecule has 0 atom stereocenters. The Kier molecular flexibility index (Phi) is 3.54. The van der Waals surface area contributed by atoms with E-state index in [1.807, 2.05) is 18.3 Å². The van der Waals surface area contributed by atoms with Crippen molar-refractivity contribution in [2.24, 2.45) is 0 Å². The number of aromatic nitrogens is 1. The molecule has 17 heavy (non-hydrogen) atoms. The number of hydrogen-bond donors (Lipinski definition) is 2. The monoisotopic (exact) mass is 235 g/mol. The molecule has 0 bridgehead atoms. The molecule has 2 rings (SSSR count). The highest BCUT2D eigenvalue weighted by atomic mass is 16.5. The first-order valence-electron chi connectivity index (χ1n) is 5.63. The molecule has 0 spiro atoms. The summed E-state index contributed by atoms with van der Waals surface area (Å²) in [4.78, 5) is 3.20. The number of aliphatic hydroxyl groups is 1. The van der Waals surface area contributed by atoms with Crippen LogP contribution in [0.15, 0.2) is 18.3 Å². The first kappa shape index (κ1) is 11.8. The Balaban J connectivity index is 2.50. The van der Waals surface area contributed by atoms with Crippen LogP contribution in [0.1, 0.15) is 12.0 Å². The lowest BCUT2D eigenvalue weighted by molar-refractivity contribution is 0.288. The van der Waals surface area contributed by atoms with Crippen LogP contribution in [0.4, 0.5) is 0 Å². The molecule has 4 nitrogen and oxygen atoms in total. The molecule has 1 heterocycles. The van der Waals surface area contributed by atoms with E-state index in [9.17, 15) is 0 Å². The molecule has 0 aliphatic carbocycles. The van der Waals surface area contributed by atoms with Crippen LogP contribution >= 0.6 is 0 Å². The number of ether oxygens (including phenoxy) is 2. The number of aliphatic hydroxyl groups excluding tert-OH is 1. The summed E-state index contributed by atoms with van der Waals surface area (Å²) < 4.78 is 10.6. The van der Waals surface area contributed by atoms with E-state index in [1.54, 1.807) is 14.2 Å². The molecule has 0 amide bonds. The normalized spacial score (nSPS) is 10.8. The molecule has 4 heteroatoms. The van der Waals surface area contributed by atoms with E-state index < -0.39 is 0 Å². The van der Waals surface area contributed by atoms with Crippen molar-refractivity contribution in [2.45, 2.75) is 12.8 Å². The van der Waals surface area contributed by atoms with Gasteiger partial charge in [-0.2, -0.15) is 0 Å². The summed E-state index contributed by atoms with van der Waals surface area (Å²) in [6.45, 7) is 0.200. The Morgan fingerprint density at radius 1 is 1.24 bits per heavy atom. The number of methoxy groups -OCH3 is 2. The van der Waals surface area contributed by atoms with Gasteiger partial charge in [-0.05, 0) is 18.4 Å². The second-order valence-corrected chi connectivity index (χ2v) is 3.89. The van der Waals surface area contributed by atoms with E-state index in [0.717, 1.165) is 40.8 Å². The van der Waals surface area contributed by atoms with Gasteiger partial charge in [0.05, 0.1) is 19.7 Å². The van der Waals surface area contributed by atoms with E-state index in [4.69, 9.17) is 14.6 Å². The zero-order valence-electron chi connectivity index (χ0n) is 10.1. The highest BCUT2D eigenvalue weighted by Crippen LogP contribution is 2.33. The number of rotatable bonds is 5. The van der Waals surface area contributed by atoms with Crippen molar-refractivity contribution < 1.29 is 14.6 Å². The summed E-state index contributed by atoms with van der Waals surface area (Å²) in [6, 6.07) is 3.82. The maximum absolute atomic E-state index is 8.88. The molecular weight excluding hydrogens is 218 g/mol. The van der Waals surface area contributed by atoms with Crippen LogP contribution in [0.2, 0.25) is 0 Å². The van der Waals surface area contributed by atoms with Crippen LogP contribution < -0.4 is 9.47 Å². The molecule has 2 N–H and O–H groups in total. The van der Waals surface area contributed by atoms with Gasteiger partial charge in [-0.15, -0.1) is 0 Å². The van der Waals surface area contributed by atoms with E-state index >= 15 is 0 Å². The molecule has 0 aliphatic heterocycles. The van der Waals surface area contributed by atoms with Gasteiger partial charge < -0.3 is 19.6 Å². The summed E-state index contributed by atoms with van der Waals surface area (Å²) in [5.74, 6) is 1.57. The van der Waals surface area contributed by atoms with Gasteiger partial charge in [-0.25, -0.2) is 0 Å². The fourth-order valence-corrected chi connectivity index (χ4v) is 2.02. The van der Waals surface area contributed by atoms with Gasteiger partial charge >= 0.3 is 0 Å². The number of H-pyrrole nitrogens is 1. The minimum atomic E-state index is 0.200. The Morgan fingerprint density at radius 3 is 2.71 bits per heavy atom. The molecule has 92 valence electrons. The van der Waals surface area contributed by atoms with E-state index in [2.05, 4.69) is 4.98 Å². The molecule has 0 aliphatic rings. The average Bonchev–Trinajstić information content (AvgIpc) is 2.78. The molecular formula is C13H17NO3. The summed E-state index contributed by atoms with van der Waals surface area (Å²) in [7, 11) is 3.28. The number of nitrogens with one attached hydrogen (secondary N) is 1. The van der Waals surface area contributed by atoms with E-state index in [-0.39, 0.29) is 6.61 Å². The summed E-state index contributed by atoms with van der Waals surface area (Å²) in [5.41, 5.74) is 2.16. The lowest BCUT2D eigenvalue weighted by Gasteiger charge is -2.07. The number of benzene rings is 1. The lowest BCUT2D eigenvalue weighted by Crippen LogP contribution is -1.91. The number of aryl methyl sites for hydroxylation is 1. The average molecular weight is 235 g/mol. The second-order valence-electron chi connectivity index (χ2n) is 3.89. The Bertz CT molecular complexity index is 505. The quantitative estimate of drug-likeness (QED) is 0.834. The number of aromatic amines is 1. The lowest BCUT2D eigenvalue weighted by atomic mass is 10.1. The van der Waals surface area contributed by atoms with E-state index in [0.29, 0.717) is 0 Å². The minimum Gasteiger partial charge on any atom is -0.497 e. The molecule has 0 unspecified atom stereocenters. The fraction of sp³-hybridized carbons (Fsp3) is 0.385. The van der Waals surface area contributed by atoms with Crippen molar-refractivity contribution in [3.63, 3.8) is 0 Å². The summed E-state index contributed by atoms with van der Waals surface area (Å²) in [6.07, 6.45) is 3.55. The van der Waals surface area contributed by atoms with Gasteiger partial charge in [-0.3, -0.25) is 0 Å². The first-order valence-corrected chi connectivity index (χ1v) is 5.63. The van der Waals surface area contributed by atoms with Crippen molar-refractivity contribution in [1.29, 1.82) is 0 Å². The first-order chi connectivity index (χ1) is 8.30. The topological polar surface area (TPSA) is 54.5 Å². The SMILES string of the molecule is COc1cc(OC)c2c(CCCO)c[nH]c2c1. The van der Waals surface area contributed by atoms with Gasteiger partial charge in [0, 0.05) is 30.3 Å². The highest BCUT2D eigenvalue weighted by Gasteiger charge is 2.11. The number of fused-ring (bicyclic) bond motifs is 1. The van der Waals surface area contributed by atoms with Gasteiger partial charge in [0.25, 0.3) is 0 Å². The predicted molar refractivity (Wildman–Crippen MR) is 66.8 cm³/mol. The maximum atomic E-state index is 8.88. The molecule has 2 aromatic rings. The van der Waals surface area contributed by atoms with Crippen LogP contribution in [0.25, 0.3) is 10.9 Å². The van der Waals surface area contributed by atoms with Crippen LogP contribution in [0, 0.1) is 0 Å². The van der Waals surface area contributed by atoms with Crippen molar-refractivity contribution >= 4 is 10.9 Å². The van der Waals surface area contributed by atoms with Crippen LogP contribution in [0.5, 0.6) is 11.5 Å². The van der Waals surface area contributed by atoms with Crippen molar-refractivity contribution in [2.75, 3.05) is 20.8 Å². The Morgan fingerprint density at radius 2 is 2.06 bits per heavy atom. The zero-order valence-corrected chi connectivity index (χ0v) is 10.1. The molecule has 0 saturated carbocycles. The van der Waals surface area contributed by atoms with Crippen molar-refractivity contribution in [1.82, 2.24) is 4.98 Å². The Labute approximate surface area is 100 Å². The molecule has 0 fully saturated rings. The fourth-order valence-electron chi connectivity index (χ4n) is 2.02. The van der Waals surface area contributed by atoms with E-state index in [1.165, 1.54) is 0 Å². The largest absolute Gasteiger partial charge is 0.497 e. The minimum absolute atomic E-state index is 0.200. The second kappa shape index (κ2) is 5.10. The van der Waals surface area contributed by atoms with Gasteiger partial charge in [0.1, 0.15) is 11.5 Å². The van der Waals surface area contributed by atoms with Gasteiger partial charge in [0.15, 0.2) is 0 Å². The van der Waals surface area contributed by atoms with Crippen LogP contribution in [-0.4, -0.2) is 30.9 Å². The standard InChI is InChI=1S/C13H17NO3/c1-16-10-6-11-13(12(7-10)17-2)9(8-14-11)4-3-5-15/h6-8,14-15H,3-5H2,1-2H3. The maximum Gasteiger partial charge on any atom is 0.132 e. The van der Waals surface area contributed by atoms with Crippen molar-refractivity contribution in [3.05, 3.63) is 23.9 Å². The molecule has 0 saturated heterocycles. The van der Waals surface area contributed by atoms with Crippen LogP contribution in [0.3, 0.4) is 0 Å². The molecule has 1 aromatic heterocycles. The third-order valence-electron chi connectivity index (χ3n) is 2.86. The van der Waals surface area contributed by atoms with Gasteiger partial charge in [0.2, 0.25) is 0 Å².